The number of aromatic nitrogens is 4. The van der Waals surface area contributed by atoms with Crippen LogP contribution in [0.1, 0.15) is 0 Å². The van der Waals surface area contributed by atoms with Gasteiger partial charge in [0.25, 0.3) is 5.03 Å². The van der Waals surface area contributed by atoms with E-state index in [-0.39, 0.29) is 16.8 Å². The van der Waals surface area contributed by atoms with E-state index >= 15 is 0 Å². The average Bonchev–Trinajstić information content (AvgIpc) is 2.74. The summed E-state index contributed by atoms with van der Waals surface area (Å²) in [5, 5.41) is 0.230. The molecule has 0 fully saturated rings. The number of nitrogens with zero attached hydrogens (tertiary/aromatic N) is 4. The Morgan fingerprint density at radius 3 is 2.34 bits per heavy atom. The summed E-state index contributed by atoms with van der Waals surface area (Å²) in [6.45, 7) is 0. The highest BCUT2D eigenvalue weighted by molar-refractivity contribution is 7.91. The van der Waals surface area contributed by atoms with Crippen LogP contribution in [0.25, 0.3) is 22.3 Å². The highest BCUT2D eigenvalue weighted by atomic mass is 32.2. The predicted octanol–water partition coefficient (Wildman–Crippen LogP) is 3.07. The molecule has 0 aliphatic carbocycles. The van der Waals surface area contributed by atoms with Gasteiger partial charge in [0.1, 0.15) is 17.8 Å². The molecule has 0 amide bonds. The van der Waals surface area contributed by atoms with Crippen molar-refractivity contribution in [2.24, 2.45) is 0 Å². The molecule has 2 aromatic heterocycles. The van der Waals surface area contributed by atoms with Crippen molar-refractivity contribution < 1.29 is 8.94 Å². The molecule has 7 nitrogen and oxygen atoms in total. The van der Waals surface area contributed by atoms with Crippen LogP contribution in [0.4, 0.5) is 16.2 Å². The second-order valence-electron chi connectivity index (χ2n) is 6.07. The minimum atomic E-state index is -1.63. The fraction of sp³-hybridized carbons (Fsp3) is 0. The first-order valence-electron chi connectivity index (χ1n) is 8.49. The Bertz CT molecular complexity index is 1170. The van der Waals surface area contributed by atoms with E-state index < -0.39 is 17.0 Å². The lowest BCUT2D eigenvalue weighted by Crippen LogP contribution is -2.08. The first kappa shape index (κ1) is 18.8. The molecule has 0 bridgehead atoms. The van der Waals surface area contributed by atoms with Gasteiger partial charge < -0.3 is 16.0 Å². The summed E-state index contributed by atoms with van der Waals surface area (Å²) in [4.78, 5) is 16.3. The zero-order valence-corrected chi connectivity index (χ0v) is 15.8. The number of nitrogens with two attached hydrogens (primary N) is 2. The van der Waals surface area contributed by atoms with Crippen molar-refractivity contribution >= 4 is 22.9 Å². The van der Waals surface area contributed by atoms with E-state index in [9.17, 15) is 8.94 Å². The third-order valence-electron chi connectivity index (χ3n) is 4.17. The Kier molecular flexibility index (Phi) is 5.07. The third kappa shape index (κ3) is 3.86. The molecule has 0 spiro atoms. The number of hydrogen-bond acceptors (Lipinski definition) is 7. The zero-order valence-electron chi connectivity index (χ0n) is 15.0. The van der Waals surface area contributed by atoms with Crippen LogP contribution in [-0.2, 0) is 11.2 Å². The summed E-state index contributed by atoms with van der Waals surface area (Å²) in [5.41, 5.74) is 13.2. The molecule has 4 aromatic rings. The largest absolute Gasteiger partial charge is 0.605 e. The fourth-order valence-corrected chi connectivity index (χ4v) is 3.98. The van der Waals surface area contributed by atoms with Gasteiger partial charge in [-0.1, -0.05) is 24.3 Å². The predicted molar refractivity (Wildman–Crippen MR) is 108 cm³/mol. The van der Waals surface area contributed by atoms with E-state index in [1.807, 2.05) is 0 Å². The lowest BCUT2D eigenvalue weighted by atomic mass is 10.0. The molecule has 0 aliphatic heterocycles. The maximum Gasteiger partial charge on any atom is 0.270 e. The van der Waals surface area contributed by atoms with Gasteiger partial charge in [-0.25, -0.2) is 14.4 Å². The Morgan fingerprint density at radius 2 is 1.62 bits per heavy atom. The van der Waals surface area contributed by atoms with E-state index in [0.717, 1.165) is 0 Å². The Morgan fingerprint density at radius 1 is 0.862 bits per heavy atom. The summed E-state index contributed by atoms with van der Waals surface area (Å²) < 4.78 is 27.9. The molecule has 9 heteroatoms. The first-order chi connectivity index (χ1) is 14.0. The smallest absolute Gasteiger partial charge is 0.270 e. The number of nitrogen functional groups attached to an aromatic ring is 2. The summed E-state index contributed by atoms with van der Waals surface area (Å²) >= 11 is -1.63. The van der Waals surface area contributed by atoms with Crippen molar-refractivity contribution in [3.63, 3.8) is 0 Å². The Labute approximate surface area is 168 Å². The second-order valence-corrected chi connectivity index (χ2v) is 7.47. The molecule has 4 rings (SSSR count). The summed E-state index contributed by atoms with van der Waals surface area (Å²) in [7, 11) is 0. The molecule has 0 saturated heterocycles. The molecule has 2 aromatic carbocycles. The van der Waals surface area contributed by atoms with Crippen molar-refractivity contribution in [2.75, 3.05) is 11.5 Å². The van der Waals surface area contributed by atoms with Gasteiger partial charge in [0.2, 0.25) is 5.95 Å². The maximum absolute atomic E-state index is 14.8. The van der Waals surface area contributed by atoms with Gasteiger partial charge in [0.15, 0.2) is 4.90 Å². The molecule has 0 aliphatic rings. The molecule has 29 heavy (non-hydrogen) atoms. The van der Waals surface area contributed by atoms with Crippen LogP contribution in [0.15, 0.2) is 77.2 Å². The van der Waals surface area contributed by atoms with Crippen LogP contribution < -0.4 is 11.5 Å². The first-order valence-corrected chi connectivity index (χ1v) is 9.64. The highest BCUT2D eigenvalue weighted by Gasteiger charge is 2.22. The van der Waals surface area contributed by atoms with Gasteiger partial charge in [-0.3, -0.25) is 4.98 Å². The van der Waals surface area contributed by atoms with Gasteiger partial charge in [0, 0.05) is 40.3 Å². The van der Waals surface area contributed by atoms with Gasteiger partial charge in [0.05, 0.1) is 6.20 Å². The van der Waals surface area contributed by atoms with Gasteiger partial charge in [-0.2, -0.15) is 4.98 Å². The van der Waals surface area contributed by atoms with Crippen LogP contribution in [0, 0.1) is 5.82 Å². The molecule has 144 valence electrons. The quantitative estimate of drug-likeness (QED) is 0.499. The zero-order chi connectivity index (χ0) is 20.4. The summed E-state index contributed by atoms with van der Waals surface area (Å²) in [6, 6.07) is 11.8. The molecule has 2 heterocycles. The van der Waals surface area contributed by atoms with Gasteiger partial charge >= 0.3 is 0 Å². The second kappa shape index (κ2) is 7.82. The molecule has 1 atom stereocenters. The van der Waals surface area contributed by atoms with Crippen molar-refractivity contribution in [1.82, 2.24) is 19.9 Å². The summed E-state index contributed by atoms with van der Waals surface area (Å²) in [6.07, 6.45) is 5.69. The van der Waals surface area contributed by atoms with Crippen molar-refractivity contribution in [1.29, 1.82) is 0 Å². The minimum absolute atomic E-state index is 0.117. The van der Waals surface area contributed by atoms with Crippen LogP contribution in [0.2, 0.25) is 0 Å². The third-order valence-corrected chi connectivity index (χ3v) is 5.50. The van der Waals surface area contributed by atoms with Crippen LogP contribution in [0.5, 0.6) is 0 Å². The Balaban J connectivity index is 1.74. The molecule has 0 radical (unpaired) electrons. The van der Waals surface area contributed by atoms with Crippen LogP contribution in [0.3, 0.4) is 0 Å². The lowest BCUT2D eigenvalue weighted by molar-refractivity contribution is 0.591. The van der Waals surface area contributed by atoms with E-state index in [2.05, 4.69) is 19.9 Å². The highest BCUT2D eigenvalue weighted by Crippen LogP contribution is 2.33. The standard InChI is InChI=1S/C20H15FN6OS/c21-16-7-12(5-6-14(16)13-8-25-20(23)26-9-13)15-3-1-2-4-17(15)29(28)19-11-24-10-18(22)27-19/h1-11H,(H2,22,27)(H2,23,25,26). The van der Waals surface area contributed by atoms with Crippen molar-refractivity contribution in [3.8, 4) is 22.3 Å². The number of benzene rings is 2. The topological polar surface area (TPSA) is 127 Å². The summed E-state index contributed by atoms with van der Waals surface area (Å²) in [5.74, 6) is -0.165. The fourth-order valence-electron chi connectivity index (χ4n) is 2.83. The van der Waals surface area contributed by atoms with E-state index in [1.54, 1.807) is 36.4 Å². The van der Waals surface area contributed by atoms with Crippen LogP contribution in [-0.4, -0.2) is 24.5 Å². The Hall–Kier alpha value is -3.56. The molecular weight excluding hydrogens is 391 g/mol. The molecule has 0 saturated carbocycles. The number of hydrogen-bond donors (Lipinski definition) is 2. The molecular formula is C20H15FN6OS. The van der Waals surface area contributed by atoms with E-state index in [4.69, 9.17) is 11.5 Å². The molecule has 1 unspecified atom stereocenters. The average molecular weight is 406 g/mol. The monoisotopic (exact) mass is 406 g/mol. The number of anilines is 2. The normalized spacial score (nSPS) is 11.9. The van der Waals surface area contributed by atoms with Gasteiger partial charge in [-0.05, 0) is 23.8 Å². The lowest BCUT2D eigenvalue weighted by Gasteiger charge is -2.13. The SMILES string of the molecule is Nc1cncc([S+]([O-])c2ccccc2-c2ccc(-c3cnc(N)nc3)c(F)c2)n1. The van der Waals surface area contributed by atoms with E-state index in [0.29, 0.717) is 27.1 Å². The minimum Gasteiger partial charge on any atom is -0.605 e. The number of rotatable bonds is 4. The van der Waals surface area contributed by atoms with Crippen LogP contribution >= 0.6 is 0 Å². The molecule has 4 N–H and O–H groups in total. The number of halogens is 1. The van der Waals surface area contributed by atoms with Crippen molar-refractivity contribution in [2.45, 2.75) is 9.92 Å². The van der Waals surface area contributed by atoms with Crippen molar-refractivity contribution in [3.05, 3.63) is 73.1 Å². The van der Waals surface area contributed by atoms with E-state index in [1.165, 1.54) is 30.9 Å². The maximum atomic E-state index is 14.8. The van der Waals surface area contributed by atoms with Gasteiger partial charge in [-0.15, -0.1) is 0 Å².